The predicted octanol–water partition coefficient (Wildman–Crippen LogP) is 1.04. The van der Waals surface area contributed by atoms with Gasteiger partial charge in [-0.15, -0.1) is 0 Å². The lowest BCUT2D eigenvalue weighted by atomic mass is 9.98. The highest BCUT2D eigenvalue weighted by Crippen LogP contribution is 2.71. The van der Waals surface area contributed by atoms with Crippen LogP contribution in [0, 0.1) is 88.7 Å². The molecule has 22 rings (SSSR count). The molecule has 42 nitrogen and oxygen atoms in total. The maximum Gasteiger partial charge on any atom is 0.315 e. The number of anilines is 5. The summed E-state index contributed by atoms with van der Waals surface area (Å²) in [5.74, 6) is 1.33. The number of nitrogen functional groups attached to an aromatic ring is 3. The molecule has 127 heavy (non-hydrogen) atoms. The minimum Gasteiger partial charge on any atom is -0.465 e. The molecule has 3 amide bonds. The lowest BCUT2D eigenvalue weighted by Crippen LogP contribution is -2.41. The Hall–Kier alpha value is -11.2. The highest BCUT2D eigenvalue weighted by Gasteiger charge is 2.79. The smallest absolute Gasteiger partial charge is 0.315 e. The Morgan fingerprint density at radius 3 is 1.27 bits per heavy atom. The Balaban J connectivity index is 0.000000109. The average Bonchev–Trinajstić information content (AvgIpc) is 1.52. The van der Waals surface area contributed by atoms with Gasteiger partial charge in [0.2, 0.25) is 23.0 Å². The Morgan fingerprint density at radius 2 is 0.843 bits per heavy atom. The fourth-order valence-corrected chi connectivity index (χ4v) is 22.1. The first-order valence-electron chi connectivity index (χ1n) is 41.8. The van der Waals surface area contributed by atoms with Gasteiger partial charge in [-0.3, -0.25) is 19.2 Å². The molecule has 0 radical (unpaired) electrons. The van der Waals surface area contributed by atoms with E-state index in [1.165, 1.54) is 26.0 Å². The maximum atomic E-state index is 12.4. The molecule has 10 aromatic heterocycles. The molecule has 10 aliphatic rings. The number of pyridine rings is 1. The van der Waals surface area contributed by atoms with Gasteiger partial charge < -0.3 is 122 Å². The SMILES string of the molecule is CCOC(=O)[C@@]12C[C@@H]1[C@@H](n1cnc3c(N)nc(C)nc31)[C@H](O)[C@@H]2O.CNC(=O)[C@@]12C[C@@H]1[C@@H](n1cnc3c(N)ccnc31)C(O)[C@H]2O.CNC(=O)[C@@]12C[C@@H]1[C@@H](n1cnc3c(NCc4cccc(C)c4)nc(Cl)nc31)[C@H](O)[C@@H]2O.CNC(=O)[C@@]12C[C@@H]1[C@@H](n1cnc3c(NCc4cccc(C)c4)nc(I)nc31)C(O)[C@H]2O.Cc1nc(N)c2ncn([C@H]3C(O)[C@@H](O)[C@@H]4C[C@@H]43)c2n1. The number of imidazole rings is 5. The van der Waals surface area contributed by atoms with Crippen molar-refractivity contribution in [3.63, 3.8) is 0 Å². The second-order valence-electron chi connectivity index (χ2n) is 34.8. The van der Waals surface area contributed by atoms with Gasteiger partial charge in [-0.1, -0.05) is 59.7 Å². The largest absolute Gasteiger partial charge is 0.465 e. The van der Waals surface area contributed by atoms with Crippen molar-refractivity contribution in [1.82, 2.24) is 109 Å². The predicted molar refractivity (Wildman–Crippen MR) is 464 cm³/mol. The fraction of sp³-hybridized carbons (Fsp3) is 0.494. The molecule has 44 heteroatoms. The van der Waals surface area contributed by atoms with Gasteiger partial charge in [-0.25, -0.2) is 59.8 Å². The van der Waals surface area contributed by atoms with Gasteiger partial charge in [-0.05, 0) is 107 Å². The van der Waals surface area contributed by atoms with Crippen LogP contribution in [-0.2, 0) is 37.0 Å². The molecule has 0 bridgehead atoms. The number of ether oxygens (including phenoxy) is 1. The number of nitrogens with zero attached hydrogens (tertiary/aromatic N) is 19. The highest BCUT2D eigenvalue weighted by molar-refractivity contribution is 14.1. The quantitative estimate of drug-likeness (QED) is 0.0365. The summed E-state index contributed by atoms with van der Waals surface area (Å²) in [6, 6.07) is 15.9. The number of hydrogen-bond donors (Lipinski definition) is 18. The summed E-state index contributed by atoms with van der Waals surface area (Å²) in [5.41, 5.74) is 24.1. The van der Waals surface area contributed by atoms with E-state index < -0.39 is 113 Å². The number of nitrogens with one attached hydrogen (secondary N) is 5. The van der Waals surface area contributed by atoms with Crippen LogP contribution in [0.3, 0.4) is 0 Å². The van der Waals surface area contributed by atoms with Gasteiger partial charge in [0.15, 0.2) is 66.4 Å². The highest BCUT2D eigenvalue weighted by atomic mass is 127. The van der Waals surface area contributed by atoms with E-state index in [-0.39, 0.29) is 71.1 Å². The van der Waals surface area contributed by atoms with Crippen molar-refractivity contribution < 1.29 is 75.0 Å². The number of aromatic nitrogens is 19. The summed E-state index contributed by atoms with van der Waals surface area (Å²) in [4.78, 5) is 110. The number of carbonyl (C=O) groups excluding carboxylic acids is 4. The maximum absolute atomic E-state index is 12.4. The van der Waals surface area contributed by atoms with Crippen LogP contribution < -0.4 is 43.8 Å². The number of benzene rings is 2. The van der Waals surface area contributed by atoms with Gasteiger partial charge in [0.05, 0.1) is 121 Å². The van der Waals surface area contributed by atoms with Crippen molar-refractivity contribution in [2.24, 2.45) is 57.2 Å². The minimum atomic E-state index is -1.18. The molecule has 10 fully saturated rings. The van der Waals surface area contributed by atoms with Crippen LogP contribution in [0.4, 0.5) is 29.0 Å². The summed E-state index contributed by atoms with van der Waals surface area (Å²) in [6.07, 6.45) is 2.13. The number of amides is 3. The van der Waals surface area contributed by atoms with Crippen molar-refractivity contribution in [2.45, 2.75) is 171 Å². The monoisotopic (exact) mass is 1870 g/mol. The lowest BCUT2D eigenvalue weighted by molar-refractivity contribution is -0.156. The third-order valence-electron chi connectivity index (χ3n) is 27.9. The Bertz CT molecular complexity index is 6190. The van der Waals surface area contributed by atoms with Crippen LogP contribution in [0.1, 0.15) is 103 Å². The van der Waals surface area contributed by atoms with Crippen LogP contribution in [0.2, 0.25) is 5.28 Å². The first kappa shape index (κ1) is 86.5. The van der Waals surface area contributed by atoms with E-state index >= 15 is 0 Å². The summed E-state index contributed by atoms with van der Waals surface area (Å²) >= 11 is 8.25. The number of hydrogen-bond acceptors (Lipinski definition) is 34. The topological polar surface area (TPSA) is 623 Å². The molecule has 0 saturated heterocycles. The van der Waals surface area contributed by atoms with Crippen molar-refractivity contribution in [2.75, 3.05) is 55.6 Å². The van der Waals surface area contributed by atoms with E-state index in [2.05, 4.69) is 144 Å². The molecule has 10 heterocycles. The van der Waals surface area contributed by atoms with Gasteiger partial charge >= 0.3 is 5.97 Å². The molecule has 25 atom stereocenters. The van der Waals surface area contributed by atoms with Gasteiger partial charge in [-0.2, -0.15) is 9.97 Å². The van der Waals surface area contributed by atoms with Crippen LogP contribution in [0.15, 0.2) is 92.4 Å². The molecular formula is C83H97ClIN27O15. The molecule has 2 aromatic carbocycles. The zero-order valence-corrected chi connectivity index (χ0v) is 72.9. The number of carbonyl (C=O) groups is 4. The summed E-state index contributed by atoms with van der Waals surface area (Å²) in [6.45, 7) is 10.6. The standard InChI is InChI=1S/C21H23ClN6O3.C21H23IN6O3.C15H19N5O4.C14H17N5O3.C12H15N5O2/c2*1-10-4-3-5-11(6-10)8-24-17-13-18(27-20(22)26-17)28(9-25-13)14-12-7-21(12,19(31)23-2)16(30)15(14)29;1-3-24-14(23)15-4-7(15)9(10(21)11(15)22)20-5-17-8-12(16)18-6(2)19-13(8)20;1-16-13(22)14-4-6(14)9(10(20)11(14)21)19-5-18-8-7(15)2-3-17-12(8)19;1-4-15-11(13)7-12(16-4)17(3-14-7)8-5-2-6(5)9(18)10(8)19/h2*3-6,9,12,14-16,29-30H,7-8H2,1-2H3,(H,23,31)(H,24,26,27);5,7,9-11,21-22H,3-4H2,1-2H3,(H2,16,18,19);2-3,5-6,9-11,20-21H,4H2,1H3,(H2,15,17)(H,16,22);3,5-6,8-10,18-19H,2H2,1H3,(H2,13,15,16)/t12-,14-,15+,16+,21+;12-,14-,15?,16-,21+;7-,9-,10+,11+,15+;6-,9-,10?,11-,14+;5-,6+,8+,9-,10?/m11110/s1. The third-order valence-corrected chi connectivity index (χ3v) is 28.5. The number of esters is 1. The Labute approximate surface area is 741 Å². The number of nitrogens with two attached hydrogens (primary N) is 3. The van der Waals surface area contributed by atoms with Crippen LogP contribution in [0.5, 0.6) is 0 Å². The molecule has 668 valence electrons. The third kappa shape index (κ3) is 13.8. The second kappa shape index (κ2) is 32.2. The molecular weight excluding hydrogens is 1780 g/mol. The fourth-order valence-electron chi connectivity index (χ4n) is 21.4. The second-order valence-corrected chi connectivity index (χ2v) is 36.1. The Morgan fingerprint density at radius 1 is 0.457 bits per heavy atom. The molecule has 0 aliphatic heterocycles. The van der Waals surface area contributed by atoms with Crippen LogP contribution >= 0.6 is 34.2 Å². The van der Waals surface area contributed by atoms with E-state index in [1.807, 2.05) is 41.8 Å². The minimum absolute atomic E-state index is 0.0439. The summed E-state index contributed by atoms with van der Waals surface area (Å²) in [7, 11) is 4.62. The van der Waals surface area contributed by atoms with E-state index in [0.717, 1.165) is 23.1 Å². The molecule has 12 aromatic rings. The average molecular weight is 1880 g/mol. The zero-order chi connectivity index (χ0) is 90.0. The van der Waals surface area contributed by atoms with Gasteiger partial charge in [0.1, 0.15) is 64.1 Å². The first-order chi connectivity index (χ1) is 60.7. The number of aryl methyl sites for hydroxylation is 4. The van der Waals surface area contributed by atoms with E-state index in [1.54, 1.807) is 83.7 Å². The van der Waals surface area contributed by atoms with E-state index in [9.17, 15) is 70.2 Å². The van der Waals surface area contributed by atoms with Crippen molar-refractivity contribution in [3.8, 4) is 0 Å². The van der Waals surface area contributed by atoms with Crippen molar-refractivity contribution in [3.05, 3.63) is 135 Å². The number of rotatable bonds is 16. The number of aliphatic hydroxyl groups is 10. The number of aliphatic hydroxyl groups excluding tert-OH is 10. The van der Waals surface area contributed by atoms with Gasteiger partial charge in [0.25, 0.3) is 0 Å². The van der Waals surface area contributed by atoms with Crippen LogP contribution in [0.25, 0.3) is 55.8 Å². The molecule has 10 aliphatic carbocycles. The normalized spacial score (nSPS) is 32.5. The van der Waals surface area contributed by atoms with E-state index in [4.69, 9.17) is 33.5 Å². The zero-order valence-electron chi connectivity index (χ0n) is 69.9. The van der Waals surface area contributed by atoms with Crippen molar-refractivity contribution in [1.29, 1.82) is 0 Å². The lowest BCUT2D eigenvalue weighted by Gasteiger charge is -2.23. The first-order valence-corrected chi connectivity index (χ1v) is 43.2. The van der Waals surface area contributed by atoms with E-state index in [0.29, 0.717) is 139 Å². The van der Waals surface area contributed by atoms with Crippen LogP contribution in [-0.4, -0.2) is 256 Å². The number of halogens is 2. The molecule has 0 spiro atoms. The summed E-state index contributed by atoms with van der Waals surface area (Å²) < 4.78 is 14.4. The Kier molecular flexibility index (Phi) is 21.9. The molecule has 21 N–H and O–H groups in total. The molecule has 3 unspecified atom stereocenters. The molecule has 10 saturated carbocycles. The number of fused-ring (bicyclic) bond motifs is 10. The van der Waals surface area contributed by atoms with Gasteiger partial charge in [0, 0.05) is 86.7 Å². The summed E-state index contributed by atoms with van der Waals surface area (Å²) in [5, 5.41) is 119. The van der Waals surface area contributed by atoms with Crippen molar-refractivity contribution >= 4 is 143 Å².